The van der Waals surface area contributed by atoms with Crippen LogP contribution in [0.3, 0.4) is 0 Å². The monoisotopic (exact) mass is 347 g/mol. The Bertz CT molecular complexity index is 567. The highest BCUT2D eigenvalue weighted by Gasteiger charge is 2.11. The standard InChI is InChI=1S/C18H25N3S2/c1-20(2)11-7-12-21(15-17-10-6-13-23-17)18(22)19-14-16-8-4-3-5-9-16/h3-6,8-10,13H,7,11-12,14-15H2,1-2H3,(H,19,22). The molecule has 3 nitrogen and oxygen atoms in total. The maximum Gasteiger partial charge on any atom is 0.169 e. The van der Waals surface area contributed by atoms with Crippen LogP contribution in [0.2, 0.25) is 0 Å². The molecule has 1 heterocycles. The maximum atomic E-state index is 5.63. The van der Waals surface area contributed by atoms with Gasteiger partial charge in [0.05, 0.1) is 6.54 Å². The molecule has 1 aromatic heterocycles. The molecule has 0 saturated carbocycles. The number of benzene rings is 1. The summed E-state index contributed by atoms with van der Waals surface area (Å²) in [4.78, 5) is 5.83. The van der Waals surface area contributed by atoms with Crippen LogP contribution in [0.1, 0.15) is 16.9 Å². The minimum Gasteiger partial charge on any atom is -0.358 e. The van der Waals surface area contributed by atoms with Gasteiger partial charge in [0.15, 0.2) is 5.11 Å². The molecule has 0 aliphatic carbocycles. The number of thiophene rings is 1. The third-order valence-corrected chi connectivity index (χ3v) is 4.80. The number of hydrogen-bond donors (Lipinski definition) is 1. The Kier molecular flexibility index (Phi) is 7.52. The van der Waals surface area contributed by atoms with Gasteiger partial charge in [-0.05, 0) is 56.3 Å². The van der Waals surface area contributed by atoms with Gasteiger partial charge in [0.2, 0.25) is 0 Å². The molecule has 23 heavy (non-hydrogen) atoms. The number of nitrogens with one attached hydrogen (secondary N) is 1. The van der Waals surface area contributed by atoms with Gasteiger partial charge in [0, 0.05) is 18.0 Å². The van der Waals surface area contributed by atoms with Crippen molar-refractivity contribution in [1.29, 1.82) is 0 Å². The quantitative estimate of drug-likeness (QED) is 0.736. The average molecular weight is 348 g/mol. The van der Waals surface area contributed by atoms with E-state index < -0.39 is 0 Å². The highest BCUT2D eigenvalue weighted by molar-refractivity contribution is 7.80. The fraction of sp³-hybridized carbons (Fsp3) is 0.389. The molecule has 0 bridgehead atoms. The molecule has 1 N–H and O–H groups in total. The van der Waals surface area contributed by atoms with Crippen molar-refractivity contribution in [2.75, 3.05) is 27.2 Å². The largest absolute Gasteiger partial charge is 0.358 e. The summed E-state index contributed by atoms with van der Waals surface area (Å²) in [6.45, 7) is 3.69. The van der Waals surface area contributed by atoms with Crippen LogP contribution in [0.25, 0.3) is 0 Å². The molecular formula is C18H25N3S2. The second kappa shape index (κ2) is 9.65. The Labute approximate surface area is 148 Å². The van der Waals surface area contributed by atoms with Gasteiger partial charge in [0.1, 0.15) is 0 Å². The fourth-order valence-corrected chi connectivity index (χ4v) is 3.25. The van der Waals surface area contributed by atoms with Gasteiger partial charge in [-0.25, -0.2) is 0 Å². The molecule has 0 unspecified atom stereocenters. The van der Waals surface area contributed by atoms with Gasteiger partial charge in [-0.15, -0.1) is 11.3 Å². The molecule has 0 spiro atoms. The van der Waals surface area contributed by atoms with E-state index in [1.54, 1.807) is 11.3 Å². The van der Waals surface area contributed by atoms with Crippen molar-refractivity contribution in [3.63, 3.8) is 0 Å². The molecule has 2 rings (SSSR count). The van der Waals surface area contributed by atoms with E-state index in [1.165, 1.54) is 10.4 Å². The summed E-state index contributed by atoms with van der Waals surface area (Å²) in [6.07, 6.45) is 1.10. The number of hydrogen-bond acceptors (Lipinski definition) is 3. The van der Waals surface area contributed by atoms with Crippen molar-refractivity contribution in [3.05, 3.63) is 58.3 Å². The van der Waals surface area contributed by atoms with E-state index in [0.29, 0.717) is 0 Å². The molecule has 124 valence electrons. The molecule has 0 radical (unpaired) electrons. The predicted octanol–water partition coefficient (Wildman–Crippen LogP) is 3.58. The second-order valence-electron chi connectivity index (χ2n) is 5.80. The minimum absolute atomic E-state index is 0.772. The van der Waals surface area contributed by atoms with Gasteiger partial charge in [0.25, 0.3) is 0 Å². The first-order valence-corrected chi connectivity index (χ1v) is 9.18. The Balaban J connectivity index is 1.89. The van der Waals surface area contributed by atoms with E-state index in [1.807, 2.05) is 6.07 Å². The molecule has 0 atom stereocenters. The summed E-state index contributed by atoms with van der Waals surface area (Å²) >= 11 is 7.42. The zero-order valence-corrected chi connectivity index (χ0v) is 15.5. The van der Waals surface area contributed by atoms with E-state index >= 15 is 0 Å². The van der Waals surface area contributed by atoms with Crippen LogP contribution in [-0.4, -0.2) is 42.1 Å². The third-order valence-electron chi connectivity index (χ3n) is 3.53. The lowest BCUT2D eigenvalue weighted by atomic mass is 10.2. The van der Waals surface area contributed by atoms with Crippen LogP contribution in [0.4, 0.5) is 0 Å². The van der Waals surface area contributed by atoms with Crippen LogP contribution in [-0.2, 0) is 13.1 Å². The molecule has 0 amide bonds. The van der Waals surface area contributed by atoms with E-state index in [4.69, 9.17) is 12.2 Å². The number of nitrogens with zero attached hydrogens (tertiary/aromatic N) is 2. The third kappa shape index (κ3) is 6.69. The van der Waals surface area contributed by atoms with Crippen LogP contribution in [0.15, 0.2) is 47.8 Å². The van der Waals surface area contributed by atoms with Crippen molar-refractivity contribution in [1.82, 2.24) is 15.1 Å². The molecule has 1 aromatic carbocycles. The van der Waals surface area contributed by atoms with Crippen molar-refractivity contribution in [3.8, 4) is 0 Å². The van der Waals surface area contributed by atoms with E-state index in [0.717, 1.165) is 37.7 Å². The number of thiocarbonyl (C=S) groups is 1. The first-order valence-electron chi connectivity index (χ1n) is 7.89. The van der Waals surface area contributed by atoms with Crippen molar-refractivity contribution in [2.24, 2.45) is 0 Å². The van der Waals surface area contributed by atoms with Crippen LogP contribution in [0.5, 0.6) is 0 Å². The summed E-state index contributed by atoms with van der Waals surface area (Å²) in [6, 6.07) is 14.6. The molecule has 0 saturated heterocycles. The Morgan fingerprint density at radius 2 is 1.87 bits per heavy atom. The smallest absolute Gasteiger partial charge is 0.169 e. The van der Waals surface area contributed by atoms with Crippen molar-refractivity contribution >= 4 is 28.7 Å². The summed E-state index contributed by atoms with van der Waals surface area (Å²) in [5.74, 6) is 0. The first-order chi connectivity index (χ1) is 11.1. The number of rotatable bonds is 8. The SMILES string of the molecule is CN(C)CCCN(Cc1cccs1)C(=S)NCc1ccccc1. The van der Waals surface area contributed by atoms with Gasteiger partial charge in [-0.3, -0.25) is 0 Å². The van der Waals surface area contributed by atoms with Gasteiger partial charge >= 0.3 is 0 Å². The van der Waals surface area contributed by atoms with Gasteiger partial charge in [-0.1, -0.05) is 36.4 Å². The van der Waals surface area contributed by atoms with Crippen LogP contribution < -0.4 is 5.32 Å². The zero-order chi connectivity index (χ0) is 16.5. The lowest BCUT2D eigenvalue weighted by Gasteiger charge is -2.26. The molecule has 0 fully saturated rings. The Morgan fingerprint density at radius 1 is 1.09 bits per heavy atom. The van der Waals surface area contributed by atoms with Crippen molar-refractivity contribution in [2.45, 2.75) is 19.5 Å². The molecule has 0 aliphatic rings. The van der Waals surface area contributed by atoms with E-state index in [-0.39, 0.29) is 0 Å². The minimum atomic E-state index is 0.772. The van der Waals surface area contributed by atoms with E-state index in [2.05, 4.69) is 71.0 Å². The summed E-state index contributed by atoms with van der Waals surface area (Å²) < 4.78 is 0. The van der Waals surface area contributed by atoms with Crippen LogP contribution in [0, 0.1) is 0 Å². The summed E-state index contributed by atoms with van der Waals surface area (Å²) in [7, 11) is 4.21. The zero-order valence-electron chi connectivity index (χ0n) is 13.9. The average Bonchev–Trinajstić information content (AvgIpc) is 3.05. The highest BCUT2D eigenvalue weighted by atomic mass is 32.1. The van der Waals surface area contributed by atoms with Crippen LogP contribution >= 0.6 is 23.6 Å². The van der Waals surface area contributed by atoms with Gasteiger partial charge in [-0.2, -0.15) is 0 Å². The predicted molar refractivity (Wildman–Crippen MR) is 104 cm³/mol. The lowest BCUT2D eigenvalue weighted by molar-refractivity contribution is 0.342. The first kappa shape index (κ1) is 17.9. The van der Waals surface area contributed by atoms with Crippen molar-refractivity contribution < 1.29 is 0 Å². The second-order valence-corrected chi connectivity index (χ2v) is 7.22. The summed E-state index contributed by atoms with van der Waals surface area (Å²) in [5.41, 5.74) is 1.25. The van der Waals surface area contributed by atoms with E-state index in [9.17, 15) is 0 Å². The highest BCUT2D eigenvalue weighted by Crippen LogP contribution is 2.12. The topological polar surface area (TPSA) is 18.5 Å². The Hall–Kier alpha value is -1.43. The van der Waals surface area contributed by atoms with Gasteiger partial charge < -0.3 is 15.1 Å². The normalized spacial score (nSPS) is 10.7. The fourth-order valence-electron chi connectivity index (χ4n) is 2.31. The molecule has 2 aromatic rings. The summed E-state index contributed by atoms with van der Waals surface area (Å²) in [5, 5.41) is 6.35. The Morgan fingerprint density at radius 3 is 2.52 bits per heavy atom. The maximum absolute atomic E-state index is 5.63. The molecule has 5 heteroatoms. The molecule has 0 aliphatic heterocycles. The molecular weight excluding hydrogens is 322 g/mol. The lowest BCUT2D eigenvalue weighted by Crippen LogP contribution is -2.40.